The van der Waals surface area contributed by atoms with E-state index in [-0.39, 0.29) is 41.4 Å². The van der Waals surface area contributed by atoms with E-state index in [4.69, 9.17) is 4.74 Å². The van der Waals surface area contributed by atoms with Crippen LogP contribution in [-0.2, 0) is 22.1 Å². The Hall–Kier alpha value is -3.94. The second kappa shape index (κ2) is 11.9. The maximum absolute atomic E-state index is 14.1. The first-order chi connectivity index (χ1) is 19.3. The molecule has 0 spiro atoms. The van der Waals surface area contributed by atoms with E-state index >= 15 is 0 Å². The second-order valence-electron chi connectivity index (χ2n) is 9.82. The average molecular weight is 590 g/mol. The Morgan fingerprint density at radius 3 is 2.51 bits per heavy atom. The lowest BCUT2D eigenvalue weighted by atomic mass is 10.1. The molecule has 1 aliphatic carbocycles. The maximum atomic E-state index is 14.1. The number of ether oxygens (including phenoxy) is 1. The molecule has 1 saturated heterocycles. The fourth-order valence-electron chi connectivity index (χ4n) is 4.13. The summed E-state index contributed by atoms with van der Waals surface area (Å²) in [7, 11) is 0.144. The lowest BCUT2D eigenvalue weighted by Gasteiger charge is -2.37. The number of pyridine rings is 1. The molecule has 1 N–H and O–H groups in total. The molecule has 1 unspecified atom stereocenters. The zero-order chi connectivity index (χ0) is 30.1. The first-order valence-electron chi connectivity index (χ1n) is 12.7. The zero-order valence-corrected chi connectivity index (χ0v) is 24.1. The van der Waals surface area contributed by atoms with E-state index in [2.05, 4.69) is 36.8 Å². The van der Waals surface area contributed by atoms with Crippen LogP contribution in [0, 0.1) is 0 Å². The molecule has 0 bridgehead atoms. The van der Waals surface area contributed by atoms with Crippen LogP contribution >= 0.6 is 0 Å². The molecule has 3 heterocycles. The molecule has 4 rings (SSSR count). The van der Waals surface area contributed by atoms with Gasteiger partial charge in [0.15, 0.2) is 11.7 Å². The van der Waals surface area contributed by atoms with E-state index in [0.717, 1.165) is 19.8 Å². The first-order valence-corrected chi connectivity index (χ1v) is 14.2. The van der Waals surface area contributed by atoms with Crippen molar-refractivity contribution in [1.82, 2.24) is 25.2 Å². The Bertz CT molecular complexity index is 1480. The molecule has 0 radical (unpaired) electrons. The third-order valence-corrected chi connectivity index (χ3v) is 7.35. The van der Waals surface area contributed by atoms with E-state index in [9.17, 15) is 22.2 Å². The fraction of sp³-hybridized carbons (Fsp3) is 0.407. The predicted octanol–water partition coefficient (Wildman–Crippen LogP) is 4.14. The summed E-state index contributed by atoms with van der Waals surface area (Å²) in [4.78, 5) is 35.5. The monoisotopic (exact) mass is 589 g/mol. The summed E-state index contributed by atoms with van der Waals surface area (Å²) >= 11 is 0. The lowest BCUT2D eigenvalue weighted by Crippen LogP contribution is -2.60. The average Bonchev–Trinajstić information content (AvgIpc) is 3.77. The molecule has 2 atom stereocenters. The van der Waals surface area contributed by atoms with Gasteiger partial charge < -0.3 is 10.1 Å². The SMILES string of the molecule is C=C(N=C1C(=C(C)C)NC(=NCc2ccc(S(C)=O)nc2)C(=O)N1[C@@H](C)C(F)(F)F)c1c(OC)ncnc1C1CC1. The number of methoxy groups -OCH3 is 1. The summed E-state index contributed by atoms with van der Waals surface area (Å²) in [5, 5.41) is 3.26. The summed E-state index contributed by atoms with van der Waals surface area (Å²) in [6, 6.07) is 0.971. The largest absolute Gasteiger partial charge is 0.480 e. The van der Waals surface area contributed by atoms with E-state index in [1.54, 1.807) is 26.0 Å². The molecule has 218 valence electrons. The van der Waals surface area contributed by atoms with Crippen LogP contribution in [0.2, 0.25) is 0 Å². The van der Waals surface area contributed by atoms with Gasteiger partial charge in [-0.1, -0.05) is 12.6 Å². The van der Waals surface area contributed by atoms with Crippen LogP contribution in [0.15, 0.2) is 57.5 Å². The number of rotatable bonds is 8. The van der Waals surface area contributed by atoms with Gasteiger partial charge in [-0.2, -0.15) is 13.2 Å². The second-order valence-corrected chi connectivity index (χ2v) is 11.1. The molecule has 0 aromatic carbocycles. The number of carbonyl (C=O) groups is 1. The van der Waals surface area contributed by atoms with Gasteiger partial charge in [0.25, 0.3) is 5.91 Å². The van der Waals surface area contributed by atoms with E-state index in [1.165, 1.54) is 25.9 Å². The van der Waals surface area contributed by atoms with Crippen molar-refractivity contribution in [2.75, 3.05) is 13.4 Å². The van der Waals surface area contributed by atoms with E-state index < -0.39 is 28.9 Å². The minimum Gasteiger partial charge on any atom is -0.480 e. The smallest absolute Gasteiger partial charge is 0.409 e. The fourth-order valence-corrected chi connectivity index (χ4v) is 4.59. The highest BCUT2D eigenvalue weighted by Crippen LogP contribution is 2.44. The Morgan fingerprint density at radius 1 is 1.27 bits per heavy atom. The Kier molecular flexibility index (Phi) is 8.71. The summed E-state index contributed by atoms with van der Waals surface area (Å²) in [6.45, 7) is 8.21. The highest BCUT2D eigenvalue weighted by atomic mass is 32.2. The van der Waals surface area contributed by atoms with Crippen LogP contribution in [0.4, 0.5) is 13.2 Å². The number of piperazine rings is 1. The molecule has 2 aromatic heterocycles. The van der Waals surface area contributed by atoms with Gasteiger partial charge in [-0.05, 0) is 50.8 Å². The number of hydrogen-bond donors (Lipinski definition) is 1. The van der Waals surface area contributed by atoms with Gasteiger partial charge in [0.2, 0.25) is 5.88 Å². The molecule has 1 saturated carbocycles. The molecule has 41 heavy (non-hydrogen) atoms. The third-order valence-electron chi connectivity index (χ3n) is 6.52. The van der Waals surface area contributed by atoms with Gasteiger partial charge in [-0.3, -0.25) is 18.9 Å². The molecule has 1 amide bonds. The number of amidine groups is 2. The Balaban J connectivity index is 1.78. The standard InChI is InChI=1S/C27H30F3N7O3S/c1-14(2)21-24(35-15(3)20-22(18-8-9-18)33-13-34-25(20)40-5)37(16(4)27(28,29)30)26(38)23(36-21)32-12-17-7-10-19(31-11-17)41(6)39/h7,10-11,13,16,18H,3,8-9,12H2,1-2,4-6H3,(H,32,36)/t16-,41?/m0/s1. The first kappa shape index (κ1) is 30.0. The number of aliphatic imine (C=N–C) groups is 2. The highest BCUT2D eigenvalue weighted by Gasteiger charge is 2.48. The Morgan fingerprint density at radius 2 is 1.98 bits per heavy atom. The minimum absolute atomic E-state index is 0.0511. The van der Waals surface area contributed by atoms with Crippen LogP contribution < -0.4 is 10.1 Å². The number of halogens is 3. The predicted molar refractivity (Wildman–Crippen MR) is 149 cm³/mol. The molecular formula is C27H30F3N7O3S. The quantitative estimate of drug-likeness (QED) is 0.491. The maximum Gasteiger partial charge on any atom is 0.409 e. The molecule has 10 nitrogen and oxygen atoms in total. The van der Waals surface area contributed by atoms with Crippen LogP contribution in [0.1, 0.15) is 56.4 Å². The van der Waals surface area contributed by atoms with Crippen molar-refractivity contribution in [3.8, 4) is 5.88 Å². The van der Waals surface area contributed by atoms with Crippen molar-refractivity contribution < 1.29 is 26.9 Å². The van der Waals surface area contributed by atoms with Gasteiger partial charge in [0.1, 0.15) is 17.4 Å². The molecule has 2 aliphatic rings. The summed E-state index contributed by atoms with van der Waals surface area (Å²) in [5.41, 5.74) is 2.40. The van der Waals surface area contributed by atoms with E-state index in [1.807, 2.05) is 0 Å². The number of aromatic nitrogens is 3. The summed E-state index contributed by atoms with van der Waals surface area (Å²) < 4.78 is 59.4. The summed E-state index contributed by atoms with van der Waals surface area (Å²) in [5.74, 6) is -1.23. The van der Waals surface area contributed by atoms with Crippen LogP contribution in [-0.4, -0.2) is 67.2 Å². The van der Waals surface area contributed by atoms with E-state index in [0.29, 0.717) is 32.3 Å². The van der Waals surface area contributed by atoms with Crippen molar-refractivity contribution >= 4 is 34.1 Å². The molecular weight excluding hydrogens is 559 g/mol. The van der Waals surface area contributed by atoms with Gasteiger partial charge in [0.05, 0.1) is 47.1 Å². The normalized spacial score (nSPS) is 19.3. The van der Waals surface area contributed by atoms with Crippen LogP contribution in [0.25, 0.3) is 5.70 Å². The molecule has 1 aliphatic heterocycles. The number of amides is 1. The number of nitrogens with one attached hydrogen (secondary N) is 1. The van der Waals surface area contributed by atoms with Crippen molar-refractivity contribution in [3.05, 3.63) is 59.3 Å². The molecule has 2 fully saturated rings. The Labute approximate surface area is 238 Å². The summed E-state index contributed by atoms with van der Waals surface area (Å²) in [6.07, 6.45) is 1.31. The van der Waals surface area contributed by atoms with Crippen molar-refractivity contribution in [1.29, 1.82) is 0 Å². The number of nitrogens with zero attached hydrogens (tertiary/aromatic N) is 6. The molecule has 2 aromatic rings. The number of hydrogen-bond acceptors (Lipinski definition) is 8. The number of alkyl halides is 3. The van der Waals surface area contributed by atoms with Crippen LogP contribution in [0.3, 0.4) is 0 Å². The zero-order valence-electron chi connectivity index (χ0n) is 23.2. The van der Waals surface area contributed by atoms with Crippen molar-refractivity contribution in [2.24, 2.45) is 9.98 Å². The topological polar surface area (TPSA) is 122 Å². The van der Waals surface area contributed by atoms with Gasteiger partial charge in [-0.25, -0.2) is 19.9 Å². The number of allylic oxidation sites excluding steroid dienone is 1. The number of carbonyl (C=O) groups excluding carboxylic acids is 1. The van der Waals surface area contributed by atoms with Crippen LogP contribution in [0.5, 0.6) is 5.88 Å². The van der Waals surface area contributed by atoms with Crippen molar-refractivity contribution in [3.63, 3.8) is 0 Å². The van der Waals surface area contributed by atoms with Gasteiger partial charge in [-0.15, -0.1) is 0 Å². The lowest BCUT2D eigenvalue weighted by molar-refractivity contribution is -0.173. The van der Waals surface area contributed by atoms with Gasteiger partial charge in [0, 0.05) is 18.4 Å². The van der Waals surface area contributed by atoms with Crippen molar-refractivity contribution in [2.45, 2.75) is 63.3 Å². The molecule has 14 heteroatoms. The third kappa shape index (κ3) is 6.53. The highest BCUT2D eigenvalue weighted by molar-refractivity contribution is 7.84. The minimum atomic E-state index is -4.77. The van der Waals surface area contributed by atoms with Gasteiger partial charge >= 0.3 is 6.18 Å².